The van der Waals surface area contributed by atoms with Crippen LogP contribution in [0, 0.1) is 0 Å². The van der Waals surface area contributed by atoms with Gasteiger partial charge in [0.15, 0.2) is 6.61 Å². The van der Waals surface area contributed by atoms with Gasteiger partial charge in [-0.3, -0.25) is 4.79 Å². The summed E-state index contributed by atoms with van der Waals surface area (Å²) in [6.07, 6.45) is 0.221. The Kier molecular flexibility index (Phi) is 8.02. The third-order valence-corrected chi connectivity index (χ3v) is 4.17. The van der Waals surface area contributed by atoms with E-state index < -0.39 is 24.6 Å². The lowest BCUT2D eigenvalue weighted by Gasteiger charge is -2.22. The van der Waals surface area contributed by atoms with E-state index in [-0.39, 0.29) is 12.3 Å². The first-order chi connectivity index (χ1) is 13.5. The maximum atomic E-state index is 12.4. The summed E-state index contributed by atoms with van der Waals surface area (Å²) in [5, 5.41) is 2.37. The van der Waals surface area contributed by atoms with E-state index >= 15 is 0 Å². The van der Waals surface area contributed by atoms with E-state index in [4.69, 9.17) is 10.5 Å². The minimum atomic E-state index is -0.961. The summed E-state index contributed by atoms with van der Waals surface area (Å²) in [5.74, 6) is -1.01. The highest BCUT2D eigenvalue weighted by molar-refractivity contribution is 5.85. The predicted molar refractivity (Wildman–Crippen MR) is 105 cm³/mol. The molecule has 3 amide bonds. The monoisotopic (exact) mass is 383 g/mol. The van der Waals surface area contributed by atoms with E-state index in [9.17, 15) is 14.4 Å². The van der Waals surface area contributed by atoms with Crippen molar-refractivity contribution < 1.29 is 19.1 Å². The maximum absolute atomic E-state index is 12.4. The Hall–Kier alpha value is -3.35. The zero-order valence-electron chi connectivity index (χ0n) is 15.8. The fourth-order valence-corrected chi connectivity index (χ4v) is 2.72. The molecule has 0 spiro atoms. The number of urea groups is 1. The van der Waals surface area contributed by atoms with Crippen molar-refractivity contribution in [2.45, 2.75) is 25.9 Å². The Morgan fingerprint density at radius 1 is 1.00 bits per heavy atom. The van der Waals surface area contributed by atoms with Crippen LogP contribution in [0.5, 0.6) is 0 Å². The average Bonchev–Trinajstić information content (AvgIpc) is 2.70. The minimum Gasteiger partial charge on any atom is -0.454 e. The second-order valence-corrected chi connectivity index (χ2v) is 6.25. The molecule has 28 heavy (non-hydrogen) atoms. The summed E-state index contributed by atoms with van der Waals surface area (Å²) in [6, 6.07) is 16.9. The molecular formula is C21H25N3O4. The Balaban J connectivity index is 1.94. The SMILES string of the molecule is CCN(Cc1ccccc1)C(=O)COC(=O)[C@H](Cc1ccccc1)NC(N)=O. The third kappa shape index (κ3) is 6.75. The van der Waals surface area contributed by atoms with Crippen molar-refractivity contribution in [3.8, 4) is 0 Å². The molecule has 0 aliphatic rings. The lowest BCUT2D eigenvalue weighted by molar-refractivity contribution is -0.153. The molecule has 7 heteroatoms. The molecule has 0 saturated heterocycles. The number of nitrogens with one attached hydrogen (secondary N) is 1. The first-order valence-electron chi connectivity index (χ1n) is 9.07. The van der Waals surface area contributed by atoms with Gasteiger partial charge in [0.05, 0.1) is 0 Å². The number of nitrogens with zero attached hydrogens (tertiary/aromatic N) is 1. The molecule has 0 aromatic heterocycles. The molecule has 0 aliphatic heterocycles. The first kappa shape index (κ1) is 21.0. The standard InChI is InChI=1S/C21H25N3O4/c1-2-24(14-17-11-7-4-8-12-17)19(25)15-28-20(26)18(23-21(22)27)13-16-9-5-3-6-10-16/h3-12,18H,2,13-15H2,1H3,(H3,22,23,27)/t18-/m0/s1. The van der Waals surface area contributed by atoms with Crippen LogP contribution in [-0.2, 0) is 27.3 Å². The molecular weight excluding hydrogens is 358 g/mol. The molecule has 2 aromatic rings. The number of primary amides is 1. The summed E-state index contributed by atoms with van der Waals surface area (Å²) in [4.78, 5) is 37.6. The van der Waals surface area contributed by atoms with Crippen molar-refractivity contribution in [3.63, 3.8) is 0 Å². The number of esters is 1. The number of rotatable bonds is 9. The van der Waals surface area contributed by atoms with Crippen LogP contribution in [0.3, 0.4) is 0 Å². The van der Waals surface area contributed by atoms with Gasteiger partial charge in [-0.2, -0.15) is 0 Å². The Morgan fingerprint density at radius 3 is 2.11 bits per heavy atom. The van der Waals surface area contributed by atoms with Gasteiger partial charge in [0.2, 0.25) is 0 Å². The van der Waals surface area contributed by atoms with Crippen molar-refractivity contribution >= 4 is 17.9 Å². The molecule has 7 nitrogen and oxygen atoms in total. The van der Waals surface area contributed by atoms with Gasteiger partial charge in [-0.1, -0.05) is 60.7 Å². The summed E-state index contributed by atoms with van der Waals surface area (Å²) in [7, 11) is 0. The van der Waals surface area contributed by atoms with Gasteiger partial charge >= 0.3 is 12.0 Å². The third-order valence-electron chi connectivity index (χ3n) is 4.17. The summed E-state index contributed by atoms with van der Waals surface area (Å²) < 4.78 is 5.16. The zero-order valence-corrected chi connectivity index (χ0v) is 15.8. The van der Waals surface area contributed by atoms with Gasteiger partial charge in [0.1, 0.15) is 6.04 Å². The Bertz CT molecular complexity index is 781. The maximum Gasteiger partial charge on any atom is 0.329 e. The van der Waals surface area contributed by atoms with Crippen molar-refractivity contribution in [2.75, 3.05) is 13.2 Å². The minimum absolute atomic E-state index is 0.221. The molecule has 1 atom stereocenters. The number of carbonyl (C=O) groups is 3. The normalized spacial score (nSPS) is 11.3. The second-order valence-electron chi connectivity index (χ2n) is 6.25. The van der Waals surface area contributed by atoms with Gasteiger partial charge in [-0.05, 0) is 18.1 Å². The van der Waals surface area contributed by atoms with Crippen molar-refractivity contribution in [2.24, 2.45) is 5.73 Å². The van der Waals surface area contributed by atoms with Crippen LogP contribution in [0.25, 0.3) is 0 Å². The van der Waals surface area contributed by atoms with Gasteiger partial charge in [0, 0.05) is 19.5 Å². The van der Waals surface area contributed by atoms with Crippen LogP contribution in [-0.4, -0.2) is 42.0 Å². The number of hydrogen-bond donors (Lipinski definition) is 2. The van der Waals surface area contributed by atoms with Gasteiger partial charge in [-0.15, -0.1) is 0 Å². The Labute approximate surface area is 164 Å². The molecule has 0 heterocycles. The second kappa shape index (κ2) is 10.7. The number of benzene rings is 2. The lowest BCUT2D eigenvalue weighted by atomic mass is 10.1. The van der Waals surface area contributed by atoms with E-state index in [0.717, 1.165) is 11.1 Å². The van der Waals surface area contributed by atoms with E-state index in [2.05, 4.69) is 5.32 Å². The summed E-state index contributed by atoms with van der Waals surface area (Å²) in [6.45, 7) is 2.37. The molecule has 0 bridgehead atoms. The average molecular weight is 383 g/mol. The van der Waals surface area contributed by atoms with Crippen LogP contribution in [0.1, 0.15) is 18.1 Å². The molecule has 3 N–H and O–H groups in total. The number of ether oxygens (including phenoxy) is 1. The van der Waals surface area contributed by atoms with E-state index in [1.165, 1.54) is 0 Å². The first-order valence-corrected chi connectivity index (χ1v) is 9.07. The van der Waals surface area contributed by atoms with Crippen molar-refractivity contribution in [1.82, 2.24) is 10.2 Å². The molecule has 0 saturated carbocycles. The number of amides is 3. The molecule has 148 valence electrons. The highest BCUT2D eigenvalue weighted by Crippen LogP contribution is 2.07. The highest BCUT2D eigenvalue weighted by Gasteiger charge is 2.23. The number of likely N-dealkylation sites (N-methyl/N-ethyl adjacent to an activating group) is 1. The number of carbonyl (C=O) groups excluding carboxylic acids is 3. The van der Waals surface area contributed by atoms with E-state index in [1.807, 2.05) is 67.6 Å². The fourth-order valence-electron chi connectivity index (χ4n) is 2.72. The van der Waals surface area contributed by atoms with Crippen LogP contribution in [0.15, 0.2) is 60.7 Å². The molecule has 0 unspecified atom stereocenters. The quantitative estimate of drug-likeness (QED) is 0.645. The molecule has 0 aliphatic carbocycles. The fraction of sp³-hybridized carbons (Fsp3) is 0.286. The Morgan fingerprint density at radius 2 is 1.57 bits per heavy atom. The zero-order chi connectivity index (χ0) is 20.4. The van der Waals surface area contributed by atoms with Crippen LogP contribution >= 0.6 is 0 Å². The lowest BCUT2D eigenvalue weighted by Crippen LogP contribution is -2.46. The largest absolute Gasteiger partial charge is 0.454 e. The van der Waals surface area contributed by atoms with Gasteiger partial charge in [0.25, 0.3) is 5.91 Å². The predicted octanol–water partition coefficient (Wildman–Crippen LogP) is 1.86. The highest BCUT2D eigenvalue weighted by atomic mass is 16.5. The van der Waals surface area contributed by atoms with Crippen LogP contribution < -0.4 is 11.1 Å². The van der Waals surface area contributed by atoms with Crippen LogP contribution in [0.2, 0.25) is 0 Å². The van der Waals surface area contributed by atoms with E-state index in [0.29, 0.717) is 13.1 Å². The number of nitrogens with two attached hydrogens (primary N) is 1. The molecule has 0 fully saturated rings. The molecule has 0 radical (unpaired) electrons. The summed E-state index contributed by atoms with van der Waals surface area (Å²) in [5.41, 5.74) is 6.99. The summed E-state index contributed by atoms with van der Waals surface area (Å²) >= 11 is 0. The molecule has 2 aromatic carbocycles. The van der Waals surface area contributed by atoms with Crippen molar-refractivity contribution in [3.05, 3.63) is 71.8 Å². The van der Waals surface area contributed by atoms with Gasteiger partial charge < -0.3 is 20.7 Å². The van der Waals surface area contributed by atoms with Gasteiger partial charge in [-0.25, -0.2) is 9.59 Å². The number of hydrogen-bond acceptors (Lipinski definition) is 4. The van der Waals surface area contributed by atoms with Crippen molar-refractivity contribution in [1.29, 1.82) is 0 Å². The smallest absolute Gasteiger partial charge is 0.329 e. The molecule has 2 rings (SSSR count). The topological polar surface area (TPSA) is 102 Å². The van der Waals surface area contributed by atoms with Crippen LogP contribution in [0.4, 0.5) is 4.79 Å². The van der Waals surface area contributed by atoms with E-state index in [1.54, 1.807) is 4.90 Å².